The van der Waals surface area contributed by atoms with E-state index in [1.165, 1.54) is 16.9 Å². The van der Waals surface area contributed by atoms with Crippen LogP contribution in [-0.2, 0) is 0 Å². The standard InChI is InChI=1S/C28H32N4O3S/c1-4-6-20(2)7-5-8-23-16-24-27(36-23)28(33)32(19-29-24)21-9-10-25-26(15-21)34-18-22(35-25)17-31-13-11-30(3)12-14-31/h4-10,15-16,19,22H,11-14,17-18H2,1-3H3/b6-4-,8-5+,20-7-. The number of rotatable bonds is 6. The summed E-state index contributed by atoms with van der Waals surface area (Å²) in [6.45, 7) is 9.66. The highest BCUT2D eigenvalue weighted by Crippen LogP contribution is 2.34. The predicted molar refractivity (Wildman–Crippen MR) is 147 cm³/mol. The first-order valence-corrected chi connectivity index (χ1v) is 13.2. The summed E-state index contributed by atoms with van der Waals surface area (Å²) in [4.78, 5) is 23.6. The van der Waals surface area contributed by atoms with Crippen LogP contribution in [0.2, 0.25) is 0 Å². The second kappa shape index (κ2) is 10.8. The van der Waals surface area contributed by atoms with Crippen LogP contribution in [0.15, 0.2) is 65.3 Å². The summed E-state index contributed by atoms with van der Waals surface area (Å²) in [5, 5.41) is 0. The average Bonchev–Trinajstić information content (AvgIpc) is 3.29. The molecule has 1 fully saturated rings. The Labute approximate surface area is 215 Å². The Balaban J connectivity index is 1.32. The molecule has 8 heteroatoms. The SMILES string of the molecule is C\C=C/C(C)=C\C=C\c1cc2ncn(-c3ccc4c(c3)OCC(CN3CCN(C)CC3)O4)c(=O)c2s1. The molecule has 0 amide bonds. The quantitative estimate of drug-likeness (QED) is 0.465. The number of piperazine rings is 1. The lowest BCUT2D eigenvalue weighted by Crippen LogP contribution is -2.49. The van der Waals surface area contributed by atoms with E-state index in [1.54, 1.807) is 10.9 Å². The molecule has 0 aliphatic carbocycles. The van der Waals surface area contributed by atoms with E-state index in [2.05, 4.69) is 34.8 Å². The number of ether oxygens (including phenoxy) is 2. The molecular formula is C28H32N4O3S. The molecule has 1 unspecified atom stereocenters. The third-order valence-corrected chi connectivity index (χ3v) is 7.57. The molecule has 1 atom stereocenters. The van der Waals surface area contributed by atoms with Gasteiger partial charge in [-0.05, 0) is 45.2 Å². The van der Waals surface area contributed by atoms with Crippen LogP contribution in [0, 0.1) is 0 Å². The first kappa shape index (κ1) is 24.5. The lowest BCUT2D eigenvalue weighted by Gasteiger charge is -2.36. The molecule has 0 spiro atoms. The summed E-state index contributed by atoms with van der Waals surface area (Å²) in [6, 6.07) is 7.59. The number of hydrogen-bond donors (Lipinski definition) is 0. The van der Waals surface area contributed by atoms with Gasteiger partial charge in [-0.1, -0.05) is 29.9 Å². The zero-order valence-corrected chi connectivity index (χ0v) is 21.8. The fourth-order valence-corrected chi connectivity index (χ4v) is 5.43. The lowest BCUT2D eigenvalue weighted by molar-refractivity contribution is 0.0440. The molecule has 2 aliphatic heterocycles. The third-order valence-electron chi connectivity index (χ3n) is 6.49. The molecular weight excluding hydrogens is 472 g/mol. The third kappa shape index (κ3) is 5.46. The van der Waals surface area contributed by atoms with Gasteiger partial charge in [0.2, 0.25) is 0 Å². The van der Waals surface area contributed by atoms with Crippen LogP contribution in [0.5, 0.6) is 11.5 Å². The lowest BCUT2D eigenvalue weighted by atomic mass is 10.2. The van der Waals surface area contributed by atoms with Crippen LogP contribution in [0.1, 0.15) is 18.7 Å². The summed E-state index contributed by atoms with van der Waals surface area (Å²) in [5.41, 5.74) is 2.50. The van der Waals surface area contributed by atoms with Gasteiger partial charge in [-0.25, -0.2) is 4.98 Å². The normalized spacial score (nSPS) is 19.6. The first-order chi connectivity index (χ1) is 17.5. The Morgan fingerprint density at radius 3 is 2.83 bits per heavy atom. The maximum atomic E-state index is 13.3. The minimum atomic E-state index is -0.0880. The molecule has 7 nitrogen and oxygen atoms in total. The van der Waals surface area contributed by atoms with Crippen LogP contribution in [0.4, 0.5) is 0 Å². The van der Waals surface area contributed by atoms with Crippen molar-refractivity contribution in [2.45, 2.75) is 20.0 Å². The molecule has 0 bridgehead atoms. The van der Waals surface area contributed by atoms with Crippen LogP contribution in [0.25, 0.3) is 22.0 Å². The molecule has 0 saturated carbocycles. The van der Waals surface area contributed by atoms with E-state index in [-0.39, 0.29) is 11.7 Å². The van der Waals surface area contributed by atoms with Gasteiger partial charge in [-0.2, -0.15) is 0 Å². The summed E-state index contributed by atoms with van der Waals surface area (Å²) in [7, 11) is 2.16. The van der Waals surface area contributed by atoms with Crippen molar-refractivity contribution < 1.29 is 9.47 Å². The van der Waals surface area contributed by atoms with E-state index in [0.29, 0.717) is 28.3 Å². The van der Waals surface area contributed by atoms with Gasteiger partial charge in [-0.3, -0.25) is 14.3 Å². The Hall–Kier alpha value is -3.20. The highest BCUT2D eigenvalue weighted by atomic mass is 32.1. The van der Waals surface area contributed by atoms with Gasteiger partial charge in [0.1, 0.15) is 23.7 Å². The Kier molecular flexibility index (Phi) is 7.36. The summed E-state index contributed by atoms with van der Waals surface area (Å²) >= 11 is 1.45. The number of aromatic nitrogens is 2. The van der Waals surface area contributed by atoms with Gasteiger partial charge in [0, 0.05) is 43.7 Å². The zero-order chi connectivity index (χ0) is 25.1. The first-order valence-electron chi connectivity index (χ1n) is 12.3. The molecule has 1 saturated heterocycles. The van der Waals surface area contributed by atoms with Crippen molar-refractivity contribution in [1.82, 2.24) is 19.4 Å². The van der Waals surface area contributed by atoms with Gasteiger partial charge in [-0.15, -0.1) is 11.3 Å². The van der Waals surface area contributed by atoms with Crippen LogP contribution < -0.4 is 15.0 Å². The number of thiophene rings is 1. The van der Waals surface area contributed by atoms with Crippen molar-refractivity contribution in [2.75, 3.05) is 46.4 Å². The van der Waals surface area contributed by atoms with E-state index in [1.807, 2.05) is 55.5 Å². The maximum Gasteiger partial charge on any atom is 0.275 e. The van der Waals surface area contributed by atoms with E-state index in [4.69, 9.17) is 9.47 Å². The number of likely N-dealkylation sites (N-methyl/N-ethyl adjacent to an activating group) is 1. The second-order valence-electron chi connectivity index (χ2n) is 9.34. The van der Waals surface area contributed by atoms with Crippen molar-refractivity contribution >= 4 is 27.6 Å². The maximum absolute atomic E-state index is 13.3. The Bertz CT molecular complexity index is 1380. The molecule has 36 heavy (non-hydrogen) atoms. The van der Waals surface area contributed by atoms with Crippen molar-refractivity contribution in [3.63, 3.8) is 0 Å². The smallest absolute Gasteiger partial charge is 0.275 e. The molecule has 188 valence electrons. The summed E-state index contributed by atoms with van der Waals surface area (Å²) in [6.07, 6.45) is 11.7. The van der Waals surface area contributed by atoms with Crippen molar-refractivity contribution in [1.29, 1.82) is 0 Å². The Morgan fingerprint density at radius 2 is 2.03 bits per heavy atom. The van der Waals surface area contributed by atoms with Gasteiger partial charge in [0.25, 0.3) is 5.56 Å². The number of hydrogen-bond acceptors (Lipinski definition) is 7. The van der Waals surface area contributed by atoms with Gasteiger partial charge in [0.15, 0.2) is 11.5 Å². The van der Waals surface area contributed by atoms with E-state index in [0.717, 1.165) is 43.4 Å². The van der Waals surface area contributed by atoms with E-state index in [9.17, 15) is 4.79 Å². The molecule has 3 aromatic rings. The van der Waals surface area contributed by atoms with E-state index < -0.39 is 0 Å². The van der Waals surface area contributed by atoms with Crippen LogP contribution >= 0.6 is 11.3 Å². The minimum Gasteiger partial charge on any atom is -0.486 e. The average molecular weight is 505 g/mol. The van der Waals surface area contributed by atoms with Crippen LogP contribution in [-0.4, -0.2) is 71.8 Å². The van der Waals surface area contributed by atoms with Crippen LogP contribution in [0.3, 0.4) is 0 Å². The summed E-state index contributed by atoms with van der Waals surface area (Å²) < 4.78 is 14.5. The molecule has 2 aromatic heterocycles. The highest BCUT2D eigenvalue weighted by molar-refractivity contribution is 7.19. The van der Waals surface area contributed by atoms with Gasteiger partial charge in [0.05, 0.1) is 11.2 Å². The largest absolute Gasteiger partial charge is 0.486 e. The number of nitrogens with zero attached hydrogens (tertiary/aromatic N) is 4. The van der Waals surface area contributed by atoms with Crippen molar-refractivity contribution in [3.05, 3.63) is 75.7 Å². The van der Waals surface area contributed by atoms with Crippen molar-refractivity contribution in [2.24, 2.45) is 0 Å². The topological polar surface area (TPSA) is 59.8 Å². The summed E-state index contributed by atoms with van der Waals surface area (Å²) in [5.74, 6) is 1.38. The number of fused-ring (bicyclic) bond motifs is 2. The monoisotopic (exact) mass is 504 g/mol. The molecule has 5 rings (SSSR count). The molecule has 1 aromatic carbocycles. The zero-order valence-electron chi connectivity index (χ0n) is 21.0. The minimum absolute atomic E-state index is 0.00159. The highest BCUT2D eigenvalue weighted by Gasteiger charge is 2.25. The number of allylic oxidation sites excluding steroid dienone is 5. The predicted octanol–water partition coefficient (Wildman–Crippen LogP) is 4.37. The van der Waals surface area contributed by atoms with Gasteiger partial charge < -0.3 is 14.4 Å². The number of benzene rings is 1. The fourth-order valence-electron chi connectivity index (χ4n) is 4.47. The van der Waals surface area contributed by atoms with Gasteiger partial charge >= 0.3 is 0 Å². The Morgan fingerprint density at radius 1 is 1.19 bits per heavy atom. The molecule has 0 radical (unpaired) electrons. The van der Waals surface area contributed by atoms with E-state index >= 15 is 0 Å². The molecule has 2 aliphatic rings. The molecule has 4 heterocycles. The molecule has 0 N–H and O–H groups in total. The fraction of sp³-hybridized carbons (Fsp3) is 0.357. The van der Waals surface area contributed by atoms with Crippen molar-refractivity contribution in [3.8, 4) is 17.2 Å². The second-order valence-corrected chi connectivity index (χ2v) is 10.4.